The number of aryl methyl sites for hydroxylation is 1. The molecule has 0 bridgehead atoms. The Morgan fingerprint density at radius 3 is 2.50 bits per heavy atom. The number of nitriles is 1. The van der Waals surface area contributed by atoms with Gasteiger partial charge in [0, 0.05) is 0 Å². The highest BCUT2D eigenvalue weighted by molar-refractivity contribution is 5.92. The Morgan fingerprint density at radius 2 is 2.00 bits per heavy atom. The maximum atomic E-state index is 12.0. The molecule has 1 aliphatic rings. The van der Waals surface area contributed by atoms with Crippen molar-refractivity contribution in [1.82, 2.24) is 5.32 Å². The second-order valence-corrected chi connectivity index (χ2v) is 4.97. The Morgan fingerprint density at radius 1 is 1.33 bits per heavy atom. The molecule has 1 aromatic heterocycles. The summed E-state index contributed by atoms with van der Waals surface area (Å²) in [5, 5.41) is 12.2. The Labute approximate surface area is 107 Å². The number of rotatable bonds is 2. The van der Waals surface area contributed by atoms with Crippen LogP contribution in [0, 0.1) is 18.3 Å². The van der Waals surface area contributed by atoms with E-state index in [-0.39, 0.29) is 11.7 Å². The molecule has 1 aromatic rings. The first-order valence-corrected chi connectivity index (χ1v) is 6.45. The van der Waals surface area contributed by atoms with Crippen molar-refractivity contribution in [2.75, 3.05) is 0 Å². The van der Waals surface area contributed by atoms with Gasteiger partial charge in [0.05, 0.1) is 6.07 Å². The fourth-order valence-electron chi connectivity index (χ4n) is 2.43. The summed E-state index contributed by atoms with van der Waals surface area (Å²) in [5.74, 6) is 0.699. The molecule has 96 valence electrons. The lowest BCUT2D eigenvalue weighted by Crippen LogP contribution is -2.46. The summed E-state index contributed by atoms with van der Waals surface area (Å²) in [4.78, 5) is 12.0. The van der Waals surface area contributed by atoms with E-state index in [2.05, 4.69) is 11.4 Å². The quantitative estimate of drug-likeness (QED) is 0.816. The molecule has 0 aliphatic heterocycles. The van der Waals surface area contributed by atoms with Crippen LogP contribution in [0.25, 0.3) is 0 Å². The molecule has 18 heavy (non-hydrogen) atoms. The molecule has 1 amide bonds. The van der Waals surface area contributed by atoms with Crippen molar-refractivity contribution in [3.05, 3.63) is 23.7 Å². The van der Waals surface area contributed by atoms with E-state index in [9.17, 15) is 10.1 Å². The zero-order chi connectivity index (χ0) is 13.0. The fourth-order valence-corrected chi connectivity index (χ4v) is 2.43. The second-order valence-electron chi connectivity index (χ2n) is 4.97. The normalized spacial score (nSPS) is 18.7. The van der Waals surface area contributed by atoms with Crippen LogP contribution in [-0.2, 0) is 0 Å². The zero-order valence-corrected chi connectivity index (χ0v) is 10.7. The van der Waals surface area contributed by atoms with Crippen LogP contribution in [0.3, 0.4) is 0 Å². The number of amides is 1. The molecular formula is C14H18N2O2. The highest BCUT2D eigenvalue weighted by Crippen LogP contribution is 2.27. The largest absolute Gasteiger partial charge is 0.456 e. The molecular weight excluding hydrogens is 228 g/mol. The average Bonchev–Trinajstić information content (AvgIpc) is 2.66. The van der Waals surface area contributed by atoms with Gasteiger partial charge < -0.3 is 9.73 Å². The molecule has 0 aromatic carbocycles. The molecule has 0 saturated heterocycles. The van der Waals surface area contributed by atoms with Gasteiger partial charge in [-0.05, 0) is 31.9 Å². The van der Waals surface area contributed by atoms with Crippen LogP contribution in [0.2, 0.25) is 0 Å². The summed E-state index contributed by atoms with van der Waals surface area (Å²) >= 11 is 0. The third-order valence-electron chi connectivity index (χ3n) is 3.49. The Kier molecular flexibility index (Phi) is 3.71. The SMILES string of the molecule is Cc1ccc(C(=O)NC2(C#N)CCCCCC2)o1. The van der Waals surface area contributed by atoms with Crippen molar-refractivity contribution in [3.8, 4) is 6.07 Å². The molecule has 1 fully saturated rings. The summed E-state index contributed by atoms with van der Waals surface area (Å²) in [6, 6.07) is 5.69. The molecule has 0 spiro atoms. The van der Waals surface area contributed by atoms with E-state index in [0.717, 1.165) is 38.5 Å². The van der Waals surface area contributed by atoms with Crippen molar-refractivity contribution >= 4 is 5.91 Å². The van der Waals surface area contributed by atoms with E-state index in [4.69, 9.17) is 4.42 Å². The molecule has 1 heterocycles. The van der Waals surface area contributed by atoms with Crippen LogP contribution in [-0.4, -0.2) is 11.4 Å². The number of nitrogens with zero attached hydrogens (tertiary/aromatic N) is 1. The minimum absolute atomic E-state index is 0.284. The Hall–Kier alpha value is -1.76. The van der Waals surface area contributed by atoms with Gasteiger partial charge in [-0.25, -0.2) is 0 Å². The van der Waals surface area contributed by atoms with E-state index >= 15 is 0 Å². The van der Waals surface area contributed by atoms with Crippen LogP contribution >= 0.6 is 0 Å². The smallest absolute Gasteiger partial charge is 0.288 e. The van der Waals surface area contributed by atoms with Crippen LogP contribution < -0.4 is 5.32 Å². The molecule has 0 unspecified atom stereocenters. The standard InChI is InChI=1S/C14H18N2O2/c1-11-6-7-12(18-11)13(17)16-14(10-15)8-4-2-3-5-9-14/h6-7H,2-5,8-9H2,1H3,(H,16,17). The van der Waals surface area contributed by atoms with Crippen LogP contribution in [0.5, 0.6) is 0 Å². The second kappa shape index (κ2) is 5.26. The van der Waals surface area contributed by atoms with Gasteiger partial charge in [-0.3, -0.25) is 4.79 Å². The van der Waals surface area contributed by atoms with Gasteiger partial charge in [0.1, 0.15) is 11.3 Å². The number of carbonyl (C=O) groups excluding carboxylic acids is 1. The topological polar surface area (TPSA) is 66.0 Å². The lowest BCUT2D eigenvalue weighted by Gasteiger charge is -2.25. The van der Waals surface area contributed by atoms with Gasteiger partial charge in [0.25, 0.3) is 5.91 Å². The van der Waals surface area contributed by atoms with Gasteiger partial charge in [0.15, 0.2) is 5.76 Å². The third-order valence-corrected chi connectivity index (χ3v) is 3.49. The maximum absolute atomic E-state index is 12.0. The van der Waals surface area contributed by atoms with Crippen LogP contribution in [0.1, 0.15) is 54.8 Å². The zero-order valence-electron chi connectivity index (χ0n) is 10.7. The van der Waals surface area contributed by atoms with E-state index < -0.39 is 5.54 Å². The number of hydrogen-bond donors (Lipinski definition) is 1. The highest BCUT2D eigenvalue weighted by Gasteiger charge is 2.33. The molecule has 0 radical (unpaired) electrons. The summed E-state index contributed by atoms with van der Waals surface area (Å²) < 4.78 is 5.29. The summed E-state index contributed by atoms with van der Waals surface area (Å²) in [6.07, 6.45) is 5.72. The van der Waals surface area contributed by atoms with Gasteiger partial charge in [-0.15, -0.1) is 0 Å². The fraction of sp³-hybridized carbons (Fsp3) is 0.571. The van der Waals surface area contributed by atoms with Crippen molar-refractivity contribution in [2.24, 2.45) is 0 Å². The van der Waals surface area contributed by atoms with Gasteiger partial charge >= 0.3 is 0 Å². The third kappa shape index (κ3) is 2.73. The van der Waals surface area contributed by atoms with Crippen LogP contribution in [0.4, 0.5) is 0 Å². The predicted molar refractivity (Wildman–Crippen MR) is 67.0 cm³/mol. The molecule has 4 heteroatoms. The van der Waals surface area contributed by atoms with E-state index in [0.29, 0.717) is 5.76 Å². The van der Waals surface area contributed by atoms with Gasteiger partial charge in [-0.2, -0.15) is 5.26 Å². The summed E-state index contributed by atoms with van der Waals surface area (Å²) in [5.41, 5.74) is -0.714. The molecule has 2 rings (SSSR count). The van der Waals surface area contributed by atoms with Crippen molar-refractivity contribution < 1.29 is 9.21 Å². The lowest BCUT2D eigenvalue weighted by atomic mass is 9.92. The monoisotopic (exact) mass is 246 g/mol. The first-order chi connectivity index (χ1) is 8.65. The van der Waals surface area contributed by atoms with Gasteiger partial charge in [-0.1, -0.05) is 25.7 Å². The first kappa shape index (κ1) is 12.7. The highest BCUT2D eigenvalue weighted by atomic mass is 16.3. The minimum atomic E-state index is -0.714. The van der Waals surface area contributed by atoms with E-state index in [1.54, 1.807) is 19.1 Å². The number of hydrogen-bond acceptors (Lipinski definition) is 3. The van der Waals surface area contributed by atoms with E-state index in [1.165, 1.54) is 0 Å². The summed E-state index contributed by atoms with van der Waals surface area (Å²) in [6.45, 7) is 1.79. The Balaban J connectivity index is 2.10. The number of furan rings is 1. The lowest BCUT2D eigenvalue weighted by molar-refractivity contribution is 0.0883. The summed E-state index contributed by atoms with van der Waals surface area (Å²) in [7, 11) is 0. The van der Waals surface area contributed by atoms with Gasteiger partial charge in [0.2, 0.25) is 0 Å². The van der Waals surface area contributed by atoms with Crippen molar-refractivity contribution in [2.45, 2.75) is 51.0 Å². The molecule has 4 nitrogen and oxygen atoms in total. The predicted octanol–water partition coefficient (Wildman–Crippen LogP) is 2.93. The Bertz CT molecular complexity index is 462. The minimum Gasteiger partial charge on any atom is -0.456 e. The molecule has 1 saturated carbocycles. The van der Waals surface area contributed by atoms with Crippen LogP contribution in [0.15, 0.2) is 16.5 Å². The molecule has 0 atom stereocenters. The number of carbonyl (C=O) groups is 1. The average molecular weight is 246 g/mol. The maximum Gasteiger partial charge on any atom is 0.288 e. The molecule has 1 N–H and O–H groups in total. The van der Waals surface area contributed by atoms with E-state index in [1.807, 2.05) is 0 Å². The van der Waals surface area contributed by atoms with Crippen molar-refractivity contribution in [3.63, 3.8) is 0 Å². The van der Waals surface area contributed by atoms with Crippen molar-refractivity contribution in [1.29, 1.82) is 5.26 Å². The molecule has 1 aliphatic carbocycles. The first-order valence-electron chi connectivity index (χ1n) is 6.45. The number of nitrogens with one attached hydrogen (secondary N) is 1.